The van der Waals surface area contributed by atoms with Gasteiger partial charge >= 0.3 is 5.97 Å². The molecular weight excluding hydrogens is 394 g/mol. The summed E-state index contributed by atoms with van der Waals surface area (Å²) in [5.41, 5.74) is 2.50. The average Bonchev–Trinajstić information content (AvgIpc) is 2.81. The molecule has 0 aromatic heterocycles. The number of carbonyl (C=O) groups is 1. The fourth-order valence-electron chi connectivity index (χ4n) is 3.02. The second-order valence-corrected chi connectivity index (χ2v) is 6.57. The van der Waals surface area contributed by atoms with Crippen LogP contribution < -0.4 is 14.2 Å². The van der Waals surface area contributed by atoms with Crippen molar-refractivity contribution in [1.29, 1.82) is 5.26 Å². The lowest BCUT2D eigenvalue weighted by molar-refractivity contribution is 0.0691. The molecule has 0 saturated heterocycles. The second-order valence-electron chi connectivity index (χ2n) is 6.57. The van der Waals surface area contributed by atoms with Gasteiger partial charge in [0.2, 0.25) is 0 Å². The Bertz CT molecular complexity index is 1150. The van der Waals surface area contributed by atoms with Crippen molar-refractivity contribution >= 4 is 17.6 Å². The van der Waals surface area contributed by atoms with Crippen molar-refractivity contribution in [3.05, 3.63) is 89.0 Å². The van der Waals surface area contributed by atoms with Crippen LogP contribution >= 0.6 is 0 Å². The van der Waals surface area contributed by atoms with Gasteiger partial charge in [-0.05, 0) is 53.1 Å². The minimum Gasteiger partial charge on any atom is -0.493 e. The number of rotatable bonds is 8. The third-order valence-electron chi connectivity index (χ3n) is 4.60. The van der Waals surface area contributed by atoms with Crippen molar-refractivity contribution < 1.29 is 24.1 Å². The molecule has 1 N–H and O–H groups in total. The van der Waals surface area contributed by atoms with Crippen LogP contribution in [0.3, 0.4) is 0 Å². The van der Waals surface area contributed by atoms with Crippen LogP contribution in [-0.2, 0) is 6.61 Å². The fourth-order valence-corrected chi connectivity index (χ4v) is 3.02. The summed E-state index contributed by atoms with van der Waals surface area (Å²) < 4.78 is 16.2. The third kappa shape index (κ3) is 5.22. The monoisotopic (exact) mass is 415 g/mol. The molecule has 3 aromatic carbocycles. The second kappa shape index (κ2) is 9.99. The lowest BCUT2D eigenvalue weighted by atomic mass is 10.0. The maximum absolute atomic E-state index is 11.8. The Morgan fingerprint density at radius 1 is 0.968 bits per heavy atom. The summed E-state index contributed by atoms with van der Waals surface area (Å²) in [6, 6.07) is 21.6. The summed E-state index contributed by atoms with van der Waals surface area (Å²) in [6.07, 6.45) is 1.62. The normalized spacial score (nSPS) is 10.8. The van der Waals surface area contributed by atoms with Gasteiger partial charge in [0, 0.05) is 0 Å². The summed E-state index contributed by atoms with van der Waals surface area (Å²) in [5, 5.41) is 19.3. The van der Waals surface area contributed by atoms with E-state index in [2.05, 4.69) is 6.07 Å². The van der Waals surface area contributed by atoms with Gasteiger partial charge in [-0.2, -0.15) is 5.26 Å². The van der Waals surface area contributed by atoms with Crippen LogP contribution in [0.15, 0.2) is 66.7 Å². The Kier molecular flexibility index (Phi) is 6.92. The van der Waals surface area contributed by atoms with E-state index in [4.69, 9.17) is 14.2 Å². The maximum atomic E-state index is 11.8. The maximum Gasteiger partial charge on any atom is 0.339 e. The molecule has 0 aliphatic rings. The molecule has 0 aliphatic carbocycles. The molecule has 3 rings (SSSR count). The van der Waals surface area contributed by atoms with Crippen molar-refractivity contribution in [1.82, 2.24) is 0 Å². The minimum atomic E-state index is -1.11. The molecule has 6 heteroatoms. The summed E-state index contributed by atoms with van der Waals surface area (Å²) in [4.78, 5) is 11.8. The SMILES string of the molecule is COc1ccc(/C(C#N)=C/c2ccc(OCc3ccccc3)c(C(=O)O)c2)cc1OC. The number of carboxylic acids is 1. The van der Waals surface area contributed by atoms with E-state index in [0.717, 1.165) is 5.56 Å². The molecule has 0 atom stereocenters. The van der Waals surface area contributed by atoms with Crippen molar-refractivity contribution in [2.24, 2.45) is 0 Å². The van der Waals surface area contributed by atoms with Gasteiger partial charge in [0.15, 0.2) is 11.5 Å². The Labute approximate surface area is 180 Å². The molecule has 0 aliphatic heterocycles. The summed E-state index contributed by atoms with van der Waals surface area (Å²) >= 11 is 0. The molecule has 3 aromatic rings. The number of methoxy groups -OCH3 is 2. The first-order chi connectivity index (χ1) is 15.0. The van der Waals surface area contributed by atoms with E-state index < -0.39 is 5.97 Å². The molecular formula is C25H21NO5. The van der Waals surface area contributed by atoms with Crippen molar-refractivity contribution in [3.63, 3.8) is 0 Å². The van der Waals surface area contributed by atoms with E-state index in [1.165, 1.54) is 20.3 Å². The lowest BCUT2D eigenvalue weighted by Gasteiger charge is -2.11. The molecule has 0 saturated carbocycles. The number of aromatic carboxylic acids is 1. The van der Waals surface area contributed by atoms with E-state index in [1.54, 1.807) is 36.4 Å². The molecule has 0 bridgehead atoms. The highest BCUT2D eigenvalue weighted by molar-refractivity contribution is 5.94. The molecule has 0 radical (unpaired) electrons. The van der Waals surface area contributed by atoms with Gasteiger partial charge in [-0.25, -0.2) is 4.79 Å². The highest BCUT2D eigenvalue weighted by Crippen LogP contribution is 2.31. The van der Waals surface area contributed by atoms with Crippen LogP contribution in [0.4, 0.5) is 0 Å². The smallest absolute Gasteiger partial charge is 0.339 e. The van der Waals surface area contributed by atoms with Gasteiger partial charge in [-0.1, -0.05) is 36.4 Å². The van der Waals surface area contributed by atoms with Crippen LogP contribution in [0.1, 0.15) is 27.0 Å². The van der Waals surface area contributed by atoms with Crippen LogP contribution in [0.2, 0.25) is 0 Å². The predicted octanol–water partition coefficient (Wildman–Crippen LogP) is 5.05. The standard InChI is InChI=1S/C25H21NO5/c1-29-23-11-9-19(14-24(23)30-2)20(15-26)12-18-8-10-22(21(13-18)25(27)28)31-16-17-6-4-3-5-7-17/h3-14H,16H2,1-2H3,(H,27,28)/b20-12+. The number of nitriles is 1. The largest absolute Gasteiger partial charge is 0.493 e. The Hall–Kier alpha value is -4.24. The van der Waals surface area contributed by atoms with Gasteiger partial charge in [0.1, 0.15) is 17.9 Å². The van der Waals surface area contributed by atoms with Crippen LogP contribution in [0.25, 0.3) is 11.6 Å². The van der Waals surface area contributed by atoms with Crippen LogP contribution in [0.5, 0.6) is 17.2 Å². The first-order valence-electron chi connectivity index (χ1n) is 9.44. The van der Waals surface area contributed by atoms with Crippen LogP contribution in [-0.4, -0.2) is 25.3 Å². The van der Waals surface area contributed by atoms with E-state index in [0.29, 0.717) is 28.2 Å². The van der Waals surface area contributed by atoms with Crippen molar-refractivity contribution in [2.45, 2.75) is 6.61 Å². The van der Waals surface area contributed by atoms with Crippen molar-refractivity contribution in [2.75, 3.05) is 14.2 Å². The number of carboxylic acid groups (broad SMARTS) is 1. The quantitative estimate of drug-likeness (QED) is 0.409. The van der Waals surface area contributed by atoms with Gasteiger partial charge in [-0.15, -0.1) is 0 Å². The van der Waals surface area contributed by atoms with Gasteiger partial charge < -0.3 is 19.3 Å². The Morgan fingerprint density at radius 3 is 2.32 bits per heavy atom. The summed E-state index contributed by atoms with van der Waals surface area (Å²) in [7, 11) is 3.05. The molecule has 6 nitrogen and oxygen atoms in total. The van der Waals surface area contributed by atoms with Gasteiger partial charge in [0.05, 0.1) is 25.9 Å². The number of ether oxygens (including phenoxy) is 3. The molecule has 0 unspecified atom stereocenters. The topological polar surface area (TPSA) is 88.8 Å². The predicted molar refractivity (Wildman–Crippen MR) is 117 cm³/mol. The average molecular weight is 415 g/mol. The van der Waals surface area contributed by atoms with E-state index in [9.17, 15) is 15.2 Å². The molecule has 31 heavy (non-hydrogen) atoms. The van der Waals surface area contributed by atoms with E-state index in [-0.39, 0.29) is 17.9 Å². The molecule has 0 fully saturated rings. The lowest BCUT2D eigenvalue weighted by Crippen LogP contribution is -2.04. The highest BCUT2D eigenvalue weighted by atomic mass is 16.5. The van der Waals surface area contributed by atoms with Crippen LogP contribution in [0, 0.1) is 11.3 Å². The molecule has 0 spiro atoms. The number of nitrogens with zero attached hydrogens (tertiary/aromatic N) is 1. The van der Waals surface area contributed by atoms with Gasteiger partial charge in [-0.3, -0.25) is 0 Å². The zero-order valence-electron chi connectivity index (χ0n) is 17.2. The molecule has 0 heterocycles. The summed E-state index contributed by atoms with van der Waals surface area (Å²) in [5.74, 6) is 0.203. The zero-order valence-corrected chi connectivity index (χ0v) is 17.2. The Balaban J connectivity index is 1.91. The zero-order chi connectivity index (χ0) is 22.2. The first-order valence-corrected chi connectivity index (χ1v) is 9.44. The molecule has 0 amide bonds. The van der Waals surface area contributed by atoms with Crippen molar-refractivity contribution in [3.8, 4) is 23.3 Å². The van der Waals surface area contributed by atoms with E-state index >= 15 is 0 Å². The third-order valence-corrected chi connectivity index (χ3v) is 4.60. The highest BCUT2D eigenvalue weighted by Gasteiger charge is 2.13. The number of allylic oxidation sites excluding steroid dienone is 1. The number of hydrogen-bond acceptors (Lipinski definition) is 5. The summed E-state index contributed by atoms with van der Waals surface area (Å²) in [6.45, 7) is 0.255. The number of benzene rings is 3. The first kappa shape index (κ1) is 21.5. The Morgan fingerprint density at radius 2 is 1.68 bits per heavy atom. The van der Waals surface area contributed by atoms with Gasteiger partial charge in [0.25, 0.3) is 0 Å². The van der Waals surface area contributed by atoms with E-state index in [1.807, 2.05) is 30.3 Å². The number of hydrogen-bond donors (Lipinski definition) is 1. The molecule has 156 valence electrons. The minimum absolute atomic E-state index is 0.0225. The fraction of sp³-hybridized carbons (Fsp3) is 0.120.